The van der Waals surface area contributed by atoms with Crippen molar-refractivity contribution in [2.75, 3.05) is 14.2 Å². The fraction of sp³-hybridized carbons (Fsp3) is 0.182. The highest BCUT2D eigenvalue weighted by Crippen LogP contribution is 2.26. The van der Waals surface area contributed by atoms with Crippen molar-refractivity contribution in [3.8, 4) is 17.2 Å². The molecule has 0 saturated carbocycles. The average molecular weight is 402 g/mol. The van der Waals surface area contributed by atoms with Gasteiger partial charge in [0, 0.05) is 0 Å². The molecule has 0 saturated heterocycles. The molecule has 3 N–H and O–H groups in total. The van der Waals surface area contributed by atoms with Gasteiger partial charge in [0.05, 0.1) is 14.2 Å². The molecular formula is C22H26O7. The minimum atomic E-state index is -0.980. The van der Waals surface area contributed by atoms with E-state index in [1.807, 2.05) is 12.1 Å². The number of hydrogen-bond acceptors (Lipinski definition) is 5. The van der Waals surface area contributed by atoms with Crippen LogP contribution in [0.4, 0.5) is 0 Å². The quantitative estimate of drug-likeness (QED) is 0.475. The summed E-state index contributed by atoms with van der Waals surface area (Å²) in [6, 6.07) is 10.3. The zero-order chi connectivity index (χ0) is 22.2. The lowest BCUT2D eigenvalue weighted by molar-refractivity contribution is -0.122. The second-order valence-corrected chi connectivity index (χ2v) is 5.44. The van der Waals surface area contributed by atoms with Gasteiger partial charge < -0.3 is 24.8 Å². The lowest BCUT2D eigenvalue weighted by atomic mass is 10.1. The number of rotatable bonds is 7. The smallest absolute Gasteiger partial charge is 0.339 e. The van der Waals surface area contributed by atoms with Crippen molar-refractivity contribution in [2.45, 2.75) is 12.8 Å². The molecule has 0 spiro atoms. The van der Waals surface area contributed by atoms with E-state index >= 15 is 0 Å². The number of aromatic carboxylic acids is 1. The van der Waals surface area contributed by atoms with Crippen LogP contribution in [-0.2, 0) is 17.6 Å². The Kier molecular flexibility index (Phi) is 12.5. The molecule has 0 aliphatic rings. The molecule has 0 fully saturated rings. The Hall–Kier alpha value is -3.74. The summed E-state index contributed by atoms with van der Waals surface area (Å²) >= 11 is 0. The second-order valence-electron chi connectivity index (χ2n) is 5.44. The first kappa shape index (κ1) is 25.3. The number of phenols is 1. The van der Waals surface area contributed by atoms with Crippen LogP contribution in [0.5, 0.6) is 17.2 Å². The molecule has 7 nitrogen and oxygen atoms in total. The maximum absolute atomic E-state index is 10.7. The molecule has 2 aromatic rings. The molecule has 0 bridgehead atoms. The summed E-state index contributed by atoms with van der Waals surface area (Å²) in [4.78, 5) is 19.1. The van der Waals surface area contributed by atoms with E-state index in [2.05, 4.69) is 13.2 Å². The molecule has 0 radical (unpaired) electrons. The number of methoxy groups -OCH3 is 2. The first-order valence-electron chi connectivity index (χ1n) is 8.44. The number of carboxylic acids is 1. The molecule has 0 aromatic heterocycles. The highest BCUT2D eigenvalue weighted by atomic mass is 16.5. The van der Waals surface area contributed by atoms with Crippen LogP contribution in [0.2, 0.25) is 0 Å². The fourth-order valence-corrected chi connectivity index (χ4v) is 2.22. The predicted molar refractivity (Wildman–Crippen MR) is 111 cm³/mol. The molecule has 29 heavy (non-hydrogen) atoms. The summed E-state index contributed by atoms with van der Waals surface area (Å²) in [7, 11) is 2.99. The molecule has 0 amide bonds. The zero-order valence-electron chi connectivity index (χ0n) is 16.5. The number of benzene rings is 2. The van der Waals surface area contributed by atoms with Crippen LogP contribution < -0.4 is 9.47 Å². The lowest BCUT2D eigenvalue weighted by Crippen LogP contribution is -2.00. The van der Waals surface area contributed by atoms with Crippen molar-refractivity contribution < 1.29 is 34.4 Å². The number of ether oxygens (including phenoxy) is 2. The van der Waals surface area contributed by atoms with Crippen molar-refractivity contribution >= 4 is 12.4 Å². The van der Waals surface area contributed by atoms with Crippen molar-refractivity contribution in [2.24, 2.45) is 0 Å². The summed E-state index contributed by atoms with van der Waals surface area (Å²) < 4.78 is 9.93. The highest BCUT2D eigenvalue weighted by molar-refractivity contribution is 5.91. The number of allylic oxidation sites excluding steroid dienone is 2. The summed E-state index contributed by atoms with van der Waals surface area (Å²) in [6.07, 6.45) is 5.06. The van der Waals surface area contributed by atoms with Crippen LogP contribution in [0.3, 0.4) is 0 Å². The second kappa shape index (κ2) is 14.3. The molecular weight excluding hydrogens is 376 g/mol. The van der Waals surface area contributed by atoms with E-state index < -0.39 is 5.97 Å². The van der Waals surface area contributed by atoms with Crippen LogP contribution >= 0.6 is 0 Å². The van der Waals surface area contributed by atoms with Gasteiger partial charge in [-0.1, -0.05) is 24.3 Å². The Morgan fingerprint density at radius 1 is 0.966 bits per heavy atom. The van der Waals surface area contributed by atoms with Gasteiger partial charge in [0.1, 0.15) is 11.3 Å². The van der Waals surface area contributed by atoms with Gasteiger partial charge in [-0.15, -0.1) is 13.2 Å². The van der Waals surface area contributed by atoms with Gasteiger partial charge in [-0.25, -0.2) is 4.79 Å². The van der Waals surface area contributed by atoms with Crippen LogP contribution in [0.25, 0.3) is 0 Å². The molecule has 0 atom stereocenters. The number of aromatic hydroxyl groups is 1. The highest BCUT2D eigenvalue weighted by Gasteiger charge is 2.10. The first-order valence-corrected chi connectivity index (χ1v) is 8.44. The van der Waals surface area contributed by atoms with Gasteiger partial charge >= 0.3 is 5.97 Å². The Morgan fingerprint density at radius 2 is 1.41 bits per heavy atom. The molecule has 0 heterocycles. The summed E-state index contributed by atoms with van der Waals surface area (Å²) in [5, 5.41) is 25.0. The van der Waals surface area contributed by atoms with E-state index in [1.54, 1.807) is 36.4 Å². The third-order valence-corrected chi connectivity index (χ3v) is 3.50. The molecule has 0 unspecified atom stereocenters. The number of carbonyl (C=O) groups is 2. The maximum atomic E-state index is 10.7. The van der Waals surface area contributed by atoms with E-state index in [9.17, 15) is 9.90 Å². The van der Waals surface area contributed by atoms with E-state index in [0.717, 1.165) is 17.5 Å². The van der Waals surface area contributed by atoms with Crippen LogP contribution in [0.15, 0.2) is 61.7 Å². The lowest BCUT2D eigenvalue weighted by Gasteiger charge is -2.06. The maximum Gasteiger partial charge on any atom is 0.339 e. The third kappa shape index (κ3) is 9.14. The van der Waals surface area contributed by atoms with Crippen molar-refractivity contribution in [3.05, 3.63) is 78.4 Å². The average Bonchev–Trinajstić information content (AvgIpc) is 2.70. The standard InChI is InChI=1S/C11H12O3.C10H12O2.CH2O2/c1-3-4-8-5-6-9(11(12)13)10(7-8)14-2;1-3-4-8-5-6-9(11)10(7-8)12-2;2-1-3/h3,5-7H,1,4H2,2H3,(H,12,13);3,5-7,11H,1,4H2,2H3;1H,(H,2,3). The van der Waals surface area contributed by atoms with Gasteiger partial charge in [-0.3, -0.25) is 4.79 Å². The Bertz CT molecular complexity index is 813. The number of carboxylic acid groups (broad SMARTS) is 2. The molecule has 7 heteroatoms. The Morgan fingerprint density at radius 3 is 1.83 bits per heavy atom. The van der Waals surface area contributed by atoms with Crippen molar-refractivity contribution in [1.82, 2.24) is 0 Å². The Labute approximate surface area is 170 Å². The SMILES string of the molecule is C=CCc1ccc(C(=O)O)c(OC)c1.C=CCc1ccc(O)c(OC)c1.O=CO. The molecule has 2 aromatic carbocycles. The van der Waals surface area contributed by atoms with Gasteiger partial charge in [-0.05, 0) is 48.2 Å². The minimum Gasteiger partial charge on any atom is -0.504 e. The summed E-state index contributed by atoms with van der Waals surface area (Å²) in [6.45, 7) is 6.99. The molecule has 0 aliphatic heterocycles. The third-order valence-electron chi connectivity index (χ3n) is 3.50. The fourth-order valence-electron chi connectivity index (χ4n) is 2.22. The summed E-state index contributed by atoms with van der Waals surface area (Å²) in [5.41, 5.74) is 2.25. The Balaban J connectivity index is 0.000000481. The minimum absolute atomic E-state index is 0.172. The predicted octanol–water partition coefficient (Wildman–Crippen LogP) is 3.95. The van der Waals surface area contributed by atoms with Gasteiger partial charge in [0.2, 0.25) is 0 Å². The number of phenolic OH excluding ortho intramolecular Hbond substituents is 1. The monoisotopic (exact) mass is 402 g/mol. The first-order chi connectivity index (χ1) is 13.9. The van der Waals surface area contributed by atoms with Crippen LogP contribution in [0.1, 0.15) is 21.5 Å². The largest absolute Gasteiger partial charge is 0.504 e. The van der Waals surface area contributed by atoms with Gasteiger partial charge in [0.25, 0.3) is 6.47 Å². The zero-order valence-corrected chi connectivity index (χ0v) is 16.5. The van der Waals surface area contributed by atoms with Gasteiger partial charge in [-0.2, -0.15) is 0 Å². The molecule has 156 valence electrons. The van der Waals surface area contributed by atoms with Crippen LogP contribution in [-0.4, -0.2) is 42.0 Å². The van der Waals surface area contributed by atoms with Crippen LogP contribution in [0, 0.1) is 0 Å². The topological polar surface area (TPSA) is 113 Å². The van der Waals surface area contributed by atoms with Crippen molar-refractivity contribution in [1.29, 1.82) is 0 Å². The van der Waals surface area contributed by atoms with E-state index in [-0.39, 0.29) is 17.8 Å². The summed E-state index contributed by atoms with van der Waals surface area (Å²) in [5.74, 6) is 0.0866. The van der Waals surface area contributed by atoms with E-state index in [1.165, 1.54) is 14.2 Å². The normalized spacial score (nSPS) is 8.90. The van der Waals surface area contributed by atoms with E-state index in [0.29, 0.717) is 17.9 Å². The van der Waals surface area contributed by atoms with E-state index in [4.69, 9.17) is 24.5 Å². The van der Waals surface area contributed by atoms with Gasteiger partial charge in [0.15, 0.2) is 11.5 Å². The molecule has 2 rings (SSSR count). The molecule has 0 aliphatic carbocycles. The number of hydrogen-bond donors (Lipinski definition) is 3. The van der Waals surface area contributed by atoms with Crippen molar-refractivity contribution in [3.63, 3.8) is 0 Å².